The number of thiocarbonyl (C=S) groups is 1. The second-order valence-corrected chi connectivity index (χ2v) is 9.21. The van der Waals surface area contributed by atoms with Crippen molar-refractivity contribution in [2.75, 3.05) is 13.7 Å². The Bertz CT molecular complexity index is 1400. The van der Waals surface area contributed by atoms with E-state index in [9.17, 15) is 4.79 Å². The van der Waals surface area contributed by atoms with Gasteiger partial charge < -0.3 is 14.6 Å². The molecule has 5 nitrogen and oxygen atoms in total. The number of H-pyrrole nitrogens is 1. The molecular weight excluding hydrogens is 442 g/mol. The third kappa shape index (κ3) is 3.21. The molecule has 1 N–H and O–H groups in total. The topological polar surface area (TPSA) is 48.6 Å². The van der Waals surface area contributed by atoms with Gasteiger partial charge in [0.2, 0.25) is 0 Å². The molecule has 2 atom stereocenters. The third-order valence-corrected chi connectivity index (χ3v) is 7.47. The third-order valence-electron chi connectivity index (χ3n) is 7.03. The molecule has 3 aromatic carbocycles. The number of amides is 1. The summed E-state index contributed by atoms with van der Waals surface area (Å²) >= 11 is 5.97. The molecule has 1 aromatic heterocycles. The number of hydrogen-bond acceptors (Lipinski definition) is 3. The Morgan fingerprint density at radius 2 is 1.74 bits per heavy atom. The van der Waals surface area contributed by atoms with E-state index < -0.39 is 0 Å². The molecule has 4 aromatic rings. The average Bonchev–Trinajstić information content (AvgIpc) is 3.37. The van der Waals surface area contributed by atoms with Gasteiger partial charge in [0, 0.05) is 35.1 Å². The van der Waals surface area contributed by atoms with Gasteiger partial charge in [-0.1, -0.05) is 66.7 Å². The molecule has 1 amide bonds. The van der Waals surface area contributed by atoms with Crippen LogP contribution < -0.4 is 4.74 Å². The number of carbonyl (C=O) groups is 1. The Morgan fingerprint density at radius 3 is 2.56 bits per heavy atom. The van der Waals surface area contributed by atoms with Crippen LogP contribution in [0.3, 0.4) is 0 Å². The number of hydrogen-bond donors (Lipinski definition) is 1. The fourth-order valence-electron chi connectivity index (χ4n) is 5.44. The number of aromatic amines is 1. The number of rotatable bonds is 5. The Labute approximate surface area is 203 Å². The molecule has 1 fully saturated rings. The zero-order valence-electron chi connectivity index (χ0n) is 18.9. The van der Waals surface area contributed by atoms with Crippen molar-refractivity contribution in [1.29, 1.82) is 0 Å². The molecule has 3 heterocycles. The molecule has 0 spiro atoms. The van der Waals surface area contributed by atoms with Crippen molar-refractivity contribution in [3.05, 3.63) is 101 Å². The molecule has 0 bridgehead atoms. The van der Waals surface area contributed by atoms with Crippen molar-refractivity contribution in [3.8, 4) is 5.75 Å². The van der Waals surface area contributed by atoms with Gasteiger partial charge in [0.25, 0.3) is 5.91 Å². The van der Waals surface area contributed by atoms with Crippen molar-refractivity contribution in [2.24, 2.45) is 0 Å². The van der Waals surface area contributed by atoms with Crippen LogP contribution in [0, 0.1) is 0 Å². The quantitative estimate of drug-likeness (QED) is 0.426. The first-order valence-corrected chi connectivity index (χ1v) is 12.0. The molecule has 34 heavy (non-hydrogen) atoms. The number of carbonyl (C=O) groups excluding carboxylic acids is 1. The highest BCUT2D eigenvalue weighted by atomic mass is 32.1. The average molecular weight is 468 g/mol. The Balaban J connectivity index is 1.45. The van der Waals surface area contributed by atoms with Crippen molar-refractivity contribution in [2.45, 2.75) is 24.9 Å². The molecule has 6 rings (SSSR count). The number of aromatic nitrogens is 1. The summed E-state index contributed by atoms with van der Waals surface area (Å²) in [5.74, 6) is 0.868. The van der Waals surface area contributed by atoms with E-state index in [1.54, 1.807) is 12.0 Å². The summed E-state index contributed by atoms with van der Waals surface area (Å²) in [4.78, 5) is 21.3. The summed E-state index contributed by atoms with van der Waals surface area (Å²) in [5.41, 5.74) is 5.55. The first-order valence-electron chi connectivity index (χ1n) is 11.6. The Kier molecular flexibility index (Phi) is 5.11. The lowest BCUT2D eigenvalue weighted by molar-refractivity contribution is -0.128. The molecule has 6 heteroatoms. The van der Waals surface area contributed by atoms with Crippen LogP contribution in [0.2, 0.25) is 0 Å². The highest BCUT2D eigenvalue weighted by molar-refractivity contribution is 7.80. The first-order chi connectivity index (χ1) is 16.7. The van der Waals surface area contributed by atoms with Gasteiger partial charge in [0.15, 0.2) is 5.11 Å². The second-order valence-electron chi connectivity index (χ2n) is 8.84. The van der Waals surface area contributed by atoms with E-state index >= 15 is 0 Å². The first kappa shape index (κ1) is 20.9. The van der Waals surface area contributed by atoms with Gasteiger partial charge >= 0.3 is 0 Å². The van der Waals surface area contributed by atoms with E-state index in [0.29, 0.717) is 18.1 Å². The van der Waals surface area contributed by atoms with Crippen molar-refractivity contribution in [1.82, 2.24) is 14.8 Å². The standard InChI is InChI=1S/C28H25N3O2S/c1-33-24-14-8-6-12-20(24)26-25-21(19-11-5-7-13-22(19)29-25)17-23-27(32)30(28(34)31(23)26)16-15-18-9-3-2-4-10-18/h2-14,23,26,29H,15-17H2,1H3. The molecule has 2 aliphatic rings. The smallest absolute Gasteiger partial charge is 0.251 e. The van der Waals surface area contributed by atoms with E-state index in [0.717, 1.165) is 28.9 Å². The van der Waals surface area contributed by atoms with Gasteiger partial charge in [-0.05, 0) is 41.9 Å². The number of fused-ring (bicyclic) bond motifs is 4. The minimum atomic E-state index is -0.329. The highest BCUT2D eigenvalue weighted by Gasteiger charge is 2.50. The Hall–Kier alpha value is -3.64. The molecule has 0 saturated carbocycles. The number of benzene rings is 3. The van der Waals surface area contributed by atoms with Crippen LogP contribution in [-0.4, -0.2) is 45.5 Å². The zero-order valence-corrected chi connectivity index (χ0v) is 19.7. The summed E-state index contributed by atoms with van der Waals surface area (Å²) in [6.45, 7) is 0.571. The molecule has 0 radical (unpaired) electrons. The lowest BCUT2D eigenvalue weighted by Crippen LogP contribution is -2.44. The van der Waals surface area contributed by atoms with Gasteiger partial charge in [-0.15, -0.1) is 0 Å². The normalized spacial score (nSPS) is 19.4. The lowest BCUT2D eigenvalue weighted by atomic mass is 9.88. The number of methoxy groups -OCH3 is 1. The maximum Gasteiger partial charge on any atom is 0.251 e. The van der Waals surface area contributed by atoms with Crippen LogP contribution in [0.15, 0.2) is 78.9 Å². The fraction of sp³-hybridized carbons (Fsp3) is 0.214. The van der Waals surface area contributed by atoms with Gasteiger partial charge in [-0.2, -0.15) is 0 Å². The fourth-order valence-corrected chi connectivity index (χ4v) is 5.85. The lowest BCUT2D eigenvalue weighted by Gasteiger charge is -2.38. The van der Waals surface area contributed by atoms with Crippen LogP contribution in [0.5, 0.6) is 5.75 Å². The summed E-state index contributed by atoms with van der Waals surface area (Å²) in [5, 5.41) is 1.75. The van der Waals surface area contributed by atoms with E-state index in [-0.39, 0.29) is 18.0 Å². The summed E-state index contributed by atoms with van der Waals surface area (Å²) in [7, 11) is 1.69. The molecule has 1 saturated heterocycles. The SMILES string of the molecule is COc1ccccc1C1c2[nH]c3ccccc3c2CC2C(=O)N(CCc3ccccc3)C(=S)N21. The van der Waals surface area contributed by atoms with E-state index in [1.165, 1.54) is 16.5 Å². The summed E-state index contributed by atoms with van der Waals surface area (Å²) < 4.78 is 5.75. The molecule has 170 valence electrons. The van der Waals surface area contributed by atoms with Crippen LogP contribution in [-0.2, 0) is 17.6 Å². The molecule has 2 unspecified atom stereocenters. The predicted octanol–water partition coefficient (Wildman–Crippen LogP) is 4.86. The van der Waals surface area contributed by atoms with Crippen LogP contribution in [0.1, 0.15) is 28.4 Å². The van der Waals surface area contributed by atoms with E-state index in [2.05, 4.69) is 40.2 Å². The molecule has 0 aliphatic carbocycles. The van der Waals surface area contributed by atoms with Crippen molar-refractivity contribution >= 4 is 34.1 Å². The van der Waals surface area contributed by atoms with Crippen molar-refractivity contribution in [3.63, 3.8) is 0 Å². The van der Waals surface area contributed by atoms with Crippen LogP contribution in [0.4, 0.5) is 0 Å². The predicted molar refractivity (Wildman–Crippen MR) is 137 cm³/mol. The number of nitrogens with zero attached hydrogens (tertiary/aromatic N) is 2. The van der Waals surface area contributed by atoms with E-state index in [1.807, 2.05) is 48.5 Å². The minimum Gasteiger partial charge on any atom is -0.496 e. The summed E-state index contributed by atoms with van der Waals surface area (Å²) in [6.07, 6.45) is 1.40. The maximum absolute atomic E-state index is 13.7. The number of nitrogens with one attached hydrogen (secondary N) is 1. The minimum absolute atomic E-state index is 0.0803. The summed E-state index contributed by atoms with van der Waals surface area (Å²) in [6, 6.07) is 26.0. The maximum atomic E-state index is 13.7. The molecular formula is C28H25N3O2S. The Morgan fingerprint density at radius 1 is 1.00 bits per heavy atom. The molecule has 2 aliphatic heterocycles. The van der Waals surface area contributed by atoms with E-state index in [4.69, 9.17) is 17.0 Å². The monoisotopic (exact) mass is 467 g/mol. The zero-order chi connectivity index (χ0) is 23.2. The largest absolute Gasteiger partial charge is 0.496 e. The van der Waals surface area contributed by atoms with Gasteiger partial charge in [0.05, 0.1) is 7.11 Å². The van der Waals surface area contributed by atoms with Gasteiger partial charge in [-0.25, -0.2) is 0 Å². The van der Waals surface area contributed by atoms with Gasteiger partial charge in [0.1, 0.15) is 17.8 Å². The van der Waals surface area contributed by atoms with Gasteiger partial charge in [-0.3, -0.25) is 9.69 Å². The van der Waals surface area contributed by atoms with Crippen LogP contribution >= 0.6 is 12.2 Å². The second kappa shape index (κ2) is 8.29. The highest BCUT2D eigenvalue weighted by Crippen LogP contribution is 2.46. The van der Waals surface area contributed by atoms with Crippen molar-refractivity contribution < 1.29 is 9.53 Å². The number of para-hydroxylation sites is 2. The van der Waals surface area contributed by atoms with Crippen LogP contribution in [0.25, 0.3) is 10.9 Å². The number of ether oxygens (including phenoxy) is 1.